The molecular formula is C22H29N3O2. The summed E-state index contributed by atoms with van der Waals surface area (Å²) < 4.78 is 5.44. The van der Waals surface area contributed by atoms with E-state index in [4.69, 9.17) is 4.42 Å². The van der Waals surface area contributed by atoms with Crippen LogP contribution in [0.15, 0.2) is 47.1 Å². The van der Waals surface area contributed by atoms with Gasteiger partial charge >= 0.3 is 0 Å². The minimum atomic E-state index is 0.188. The maximum atomic E-state index is 12.2. The molecule has 0 atom stereocenters. The van der Waals surface area contributed by atoms with Gasteiger partial charge < -0.3 is 9.73 Å². The second kappa shape index (κ2) is 8.72. The summed E-state index contributed by atoms with van der Waals surface area (Å²) in [7, 11) is 0. The van der Waals surface area contributed by atoms with Gasteiger partial charge in [0.15, 0.2) is 0 Å². The highest BCUT2D eigenvalue weighted by atomic mass is 16.3. The summed E-state index contributed by atoms with van der Waals surface area (Å²) in [6, 6.07) is 12.3. The van der Waals surface area contributed by atoms with Crippen molar-refractivity contribution >= 4 is 11.6 Å². The smallest absolute Gasteiger partial charge is 0.227 e. The molecule has 1 saturated heterocycles. The van der Waals surface area contributed by atoms with Crippen molar-refractivity contribution < 1.29 is 9.21 Å². The molecule has 1 aliphatic carbocycles. The Bertz CT molecular complexity index is 713. The average Bonchev–Trinajstić information content (AvgIpc) is 3.39. The summed E-state index contributed by atoms with van der Waals surface area (Å²) in [5.41, 5.74) is 2.22. The molecule has 0 spiro atoms. The van der Waals surface area contributed by atoms with Crippen molar-refractivity contribution in [2.45, 2.75) is 38.8 Å². The second-order valence-corrected chi connectivity index (χ2v) is 7.80. The van der Waals surface area contributed by atoms with E-state index in [9.17, 15) is 4.79 Å². The first-order valence-electron chi connectivity index (χ1n) is 10.1. The number of anilines is 1. The van der Waals surface area contributed by atoms with Crippen LogP contribution < -0.4 is 5.32 Å². The van der Waals surface area contributed by atoms with Crippen LogP contribution in [-0.2, 0) is 17.9 Å². The first-order valence-corrected chi connectivity index (χ1v) is 10.1. The molecule has 0 bridgehead atoms. The Labute approximate surface area is 161 Å². The van der Waals surface area contributed by atoms with Gasteiger partial charge in [-0.1, -0.05) is 25.0 Å². The van der Waals surface area contributed by atoms with Crippen molar-refractivity contribution in [1.29, 1.82) is 0 Å². The van der Waals surface area contributed by atoms with E-state index in [1.807, 2.05) is 24.3 Å². The van der Waals surface area contributed by atoms with Crippen molar-refractivity contribution in [2.75, 3.05) is 31.5 Å². The lowest BCUT2D eigenvalue weighted by Crippen LogP contribution is -2.45. The summed E-state index contributed by atoms with van der Waals surface area (Å²) in [4.78, 5) is 17.2. The van der Waals surface area contributed by atoms with E-state index in [2.05, 4.69) is 27.2 Å². The van der Waals surface area contributed by atoms with Crippen LogP contribution >= 0.6 is 0 Å². The molecule has 4 rings (SSSR count). The predicted octanol–water partition coefficient (Wildman–Crippen LogP) is 3.73. The Hall–Kier alpha value is -2.11. The van der Waals surface area contributed by atoms with Crippen molar-refractivity contribution in [2.24, 2.45) is 5.92 Å². The Morgan fingerprint density at radius 3 is 2.26 bits per heavy atom. The predicted molar refractivity (Wildman–Crippen MR) is 106 cm³/mol. The van der Waals surface area contributed by atoms with Crippen LogP contribution in [0.2, 0.25) is 0 Å². The quantitative estimate of drug-likeness (QED) is 0.845. The van der Waals surface area contributed by atoms with Crippen LogP contribution in [0.4, 0.5) is 5.69 Å². The van der Waals surface area contributed by atoms with Crippen LogP contribution in [0.5, 0.6) is 0 Å². The Morgan fingerprint density at radius 1 is 0.963 bits per heavy atom. The maximum absolute atomic E-state index is 12.2. The van der Waals surface area contributed by atoms with Crippen molar-refractivity contribution in [3.8, 4) is 0 Å². The first-order chi connectivity index (χ1) is 13.3. The SMILES string of the molecule is O=C(Nc1ccc(CN2CCN(Cc3ccco3)CC2)cc1)C1CCCC1. The lowest BCUT2D eigenvalue weighted by atomic mass is 10.1. The fourth-order valence-electron chi connectivity index (χ4n) is 4.11. The molecule has 1 saturated carbocycles. The zero-order chi connectivity index (χ0) is 18.5. The lowest BCUT2D eigenvalue weighted by molar-refractivity contribution is -0.119. The van der Waals surface area contributed by atoms with Gasteiger partial charge in [0.05, 0.1) is 12.8 Å². The molecule has 1 aliphatic heterocycles. The summed E-state index contributed by atoms with van der Waals surface area (Å²) in [6.07, 6.45) is 6.19. The van der Waals surface area contributed by atoms with Crippen LogP contribution in [0.1, 0.15) is 37.0 Å². The fourth-order valence-corrected chi connectivity index (χ4v) is 4.11. The van der Waals surface area contributed by atoms with E-state index in [1.54, 1.807) is 6.26 Å². The number of hydrogen-bond acceptors (Lipinski definition) is 4. The molecule has 1 N–H and O–H groups in total. The van der Waals surface area contributed by atoms with E-state index in [0.29, 0.717) is 0 Å². The molecule has 1 aromatic carbocycles. The van der Waals surface area contributed by atoms with Crippen LogP contribution in [0.25, 0.3) is 0 Å². The van der Waals surface area contributed by atoms with E-state index in [1.165, 1.54) is 18.4 Å². The molecule has 2 aliphatic rings. The zero-order valence-corrected chi connectivity index (χ0v) is 15.9. The van der Waals surface area contributed by atoms with Crippen molar-refractivity contribution in [3.05, 3.63) is 54.0 Å². The van der Waals surface area contributed by atoms with Crippen LogP contribution in [0, 0.1) is 5.92 Å². The number of nitrogens with zero attached hydrogens (tertiary/aromatic N) is 2. The number of furan rings is 1. The highest BCUT2D eigenvalue weighted by molar-refractivity contribution is 5.92. The molecule has 0 radical (unpaired) electrons. The van der Waals surface area contributed by atoms with Gasteiger partial charge in [-0.05, 0) is 42.7 Å². The number of hydrogen-bond donors (Lipinski definition) is 1. The summed E-state index contributed by atoms with van der Waals surface area (Å²) in [5.74, 6) is 1.44. The Kier molecular flexibility index (Phi) is 5.90. The van der Waals surface area contributed by atoms with Gasteiger partial charge in [-0.15, -0.1) is 0 Å². The molecule has 5 heteroatoms. The number of piperazine rings is 1. The van der Waals surface area contributed by atoms with Gasteiger partial charge in [0.1, 0.15) is 5.76 Å². The molecule has 0 unspecified atom stereocenters. The fraction of sp³-hybridized carbons (Fsp3) is 0.500. The van der Waals surface area contributed by atoms with E-state index < -0.39 is 0 Å². The first kappa shape index (κ1) is 18.3. The topological polar surface area (TPSA) is 48.7 Å². The van der Waals surface area contributed by atoms with E-state index >= 15 is 0 Å². The highest BCUT2D eigenvalue weighted by Gasteiger charge is 2.22. The number of carbonyl (C=O) groups excluding carboxylic acids is 1. The molecule has 1 amide bonds. The number of nitrogens with one attached hydrogen (secondary N) is 1. The third-order valence-electron chi connectivity index (χ3n) is 5.78. The van der Waals surface area contributed by atoms with Crippen LogP contribution in [0.3, 0.4) is 0 Å². The monoisotopic (exact) mass is 367 g/mol. The van der Waals surface area contributed by atoms with Gasteiger partial charge in [0.25, 0.3) is 0 Å². The average molecular weight is 367 g/mol. The van der Waals surface area contributed by atoms with Gasteiger partial charge in [-0.3, -0.25) is 14.6 Å². The van der Waals surface area contributed by atoms with Crippen LogP contribution in [-0.4, -0.2) is 41.9 Å². The Balaban J connectivity index is 1.22. The second-order valence-electron chi connectivity index (χ2n) is 7.80. The largest absolute Gasteiger partial charge is 0.468 e. The minimum absolute atomic E-state index is 0.188. The summed E-state index contributed by atoms with van der Waals surface area (Å²) in [5, 5.41) is 3.07. The molecule has 2 fully saturated rings. The third-order valence-corrected chi connectivity index (χ3v) is 5.78. The van der Waals surface area contributed by atoms with Gasteiger partial charge in [-0.25, -0.2) is 0 Å². The third kappa shape index (κ3) is 4.99. The lowest BCUT2D eigenvalue weighted by Gasteiger charge is -2.34. The molecule has 5 nitrogen and oxygen atoms in total. The number of amides is 1. The van der Waals surface area contributed by atoms with Gasteiger partial charge in [0.2, 0.25) is 5.91 Å². The number of benzene rings is 1. The van der Waals surface area contributed by atoms with Gasteiger partial charge in [0, 0.05) is 44.3 Å². The molecule has 2 heterocycles. The zero-order valence-electron chi connectivity index (χ0n) is 15.9. The maximum Gasteiger partial charge on any atom is 0.227 e. The van der Waals surface area contributed by atoms with E-state index in [-0.39, 0.29) is 11.8 Å². The molecule has 27 heavy (non-hydrogen) atoms. The van der Waals surface area contributed by atoms with Gasteiger partial charge in [-0.2, -0.15) is 0 Å². The highest BCUT2D eigenvalue weighted by Crippen LogP contribution is 2.26. The standard InChI is InChI=1S/C22H29N3O2/c26-22(19-4-1-2-5-19)23-20-9-7-18(8-10-20)16-24-11-13-25(14-12-24)17-21-6-3-15-27-21/h3,6-10,15,19H,1-2,4-5,11-14,16-17H2,(H,23,26). The minimum Gasteiger partial charge on any atom is -0.468 e. The Morgan fingerprint density at radius 2 is 1.63 bits per heavy atom. The molecule has 1 aromatic heterocycles. The summed E-state index contributed by atoms with van der Waals surface area (Å²) >= 11 is 0. The normalized spacial score (nSPS) is 19.4. The molecular weight excluding hydrogens is 338 g/mol. The number of rotatable bonds is 6. The van der Waals surface area contributed by atoms with Crippen molar-refractivity contribution in [1.82, 2.24) is 9.80 Å². The van der Waals surface area contributed by atoms with E-state index in [0.717, 1.165) is 63.6 Å². The molecule has 144 valence electrons. The number of carbonyl (C=O) groups is 1. The van der Waals surface area contributed by atoms with Crippen molar-refractivity contribution in [3.63, 3.8) is 0 Å². The molecule has 2 aromatic rings. The summed E-state index contributed by atoms with van der Waals surface area (Å²) in [6.45, 7) is 6.13.